The lowest BCUT2D eigenvalue weighted by molar-refractivity contribution is -0.218. The summed E-state index contributed by atoms with van der Waals surface area (Å²) in [6, 6.07) is 19.1. The number of aryl methyl sites for hydroxylation is 1. The SMILES string of the molecule is CC[N+]1=c2cc3c(cc2CCC1)=C(c1ccccc1C(=O)N(C)CCCC(=O)NCCCCCCOP(=O)([O-])OP(=O)(O)OP(=O)(O)OC[C@H]1O[C@@H](n2cnc4c(N)ncnc42)[C@H](O)[C@@H]1O)c1ccc(N(C)C)cc1C3(C)C. The van der Waals surface area contributed by atoms with Gasteiger partial charge in [0, 0.05) is 75.4 Å². The van der Waals surface area contributed by atoms with Crippen LogP contribution in [-0.4, -0.2) is 135 Å². The highest BCUT2D eigenvalue weighted by Gasteiger charge is 2.47. The molecule has 1 fully saturated rings. The van der Waals surface area contributed by atoms with Crippen molar-refractivity contribution >= 4 is 63.5 Å². The van der Waals surface area contributed by atoms with E-state index in [1.54, 1.807) is 11.9 Å². The first-order valence-corrected chi connectivity index (χ1v) is 30.2. The number of hydrogen-bond acceptors (Lipinski definition) is 18. The summed E-state index contributed by atoms with van der Waals surface area (Å²) in [4.78, 5) is 75.3. The Labute approximate surface area is 451 Å². The van der Waals surface area contributed by atoms with E-state index in [9.17, 15) is 48.2 Å². The third-order valence-corrected chi connectivity index (χ3v) is 18.6. The quantitative estimate of drug-likeness (QED) is 0.0293. The minimum Gasteiger partial charge on any atom is -0.756 e. The Morgan fingerprint density at radius 3 is 2.44 bits per heavy atom. The fourth-order valence-electron chi connectivity index (χ4n) is 10.3. The van der Waals surface area contributed by atoms with Gasteiger partial charge in [0.05, 0.1) is 19.5 Å². The normalized spacial score (nSPS) is 21.0. The Kier molecular flexibility index (Phi) is 18.3. The summed E-state index contributed by atoms with van der Waals surface area (Å²) in [6.45, 7) is 7.95. The zero-order chi connectivity index (χ0) is 56.3. The molecule has 7 N–H and O–H groups in total. The lowest BCUT2D eigenvalue weighted by Crippen LogP contribution is -2.43. The van der Waals surface area contributed by atoms with Crippen molar-refractivity contribution in [3.63, 3.8) is 0 Å². The monoisotopic (exact) mass is 1140 g/mol. The first-order valence-electron chi connectivity index (χ1n) is 25.8. The van der Waals surface area contributed by atoms with Crippen molar-refractivity contribution < 1.29 is 70.6 Å². The molecular weight excluding hydrogens is 1070 g/mol. The molecule has 0 radical (unpaired) electrons. The summed E-state index contributed by atoms with van der Waals surface area (Å²) in [5.41, 5.74) is 14.2. The number of anilines is 2. The number of ether oxygens (including phenoxy) is 1. The molecule has 1 saturated heterocycles. The smallest absolute Gasteiger partial charge is 0.487 e. The number of hydrogen-bond donors (Lipinski definition) is 6. The van der Waals surface area contributed by atoms with Crippen LogP contribution in [0.25, 0.3) is 16.7 Å². The molecule has 2 amide bonds. The van der Waals surface area contributed by atoms with Crippen LogP contribution in [-0.2, 0) is 52.7 Å². The lowest BCUT2D eigenvalue weighted by atomic mass is 9.68. The van der Waals surface area contributed by atoms with E-state index in [2.05, 4.69) is 98.5 Å². The van der Waals surface area contributed by atoms with Gasteiger partial charge in [-0.15, -0.1) is 0 Å². The molecule has 78 heavy (non-hydrogen) atoms. The van der Waals surface area contributed by atoms with Gasteiger partial charge >= 0.3 is 15.6 Å². The van der Waals surface area contributed by atoms with Crippen LogP contribution in [0.1, 0.15) is 110 Å². The number of phosphoric ester groups is 2. The summed E-state index contributed by atoms with van der Waals surface area (Å²) in [5.74, 6) is -0.305. The van der Waals surface area contributed by atoms with Crippen LogP contribution in [0, 0.1) is 0 Å². The molecule has 3 aromatic carbocycles. The number of carbonyl (C=O) groups excluding carboxylic acids is 2. The zero-order valence-electron chi connectivity index (χ0n) is 44.4. The van der Waals surface area contributed by atoms with Crippen molar-refractivity contribution in [2.75, 3.05) is 71.2 Å². The number of rotatable bonds is 24. The first kappa shape index (κ1) is 58.8. The Bertz CT molecular complexity index is 3340. The third kappa shape index (κ3) is 13.1. The number of phosphoric acid groups is 3. The van der Waals surface area contributed by atoms with E-state index in [0.717, 1.165) is 59.9 Å². The molecule has 3 aliphatic rings. The van der Waals surface area contributed by atoms with E-state index in [1.165, 1.54) is 32.9 Å². The van der Waals surface area contributed by atoms with Gasteiger partial charge in [-0.3, -0.25) is 23.2 Å². The van der Waals surface area contributed by atoms with Gasteiger partial charge in [0.1, 0.15) is 43.2 Å². The van der Waals surface area contributed by atoms with Crippen molar-refractivity contribution in [1.29, 1.82) is 0 Å². The number of amides is 2. The molecule has 5 aromatic rings. The van der Waals surface area contributed by atoms with Gasteiger partial charge in [-0.25, -0.2) is 33.0 Å². The van der Waals surface area contributed by atoms with E-state index >= 15 is 0 Å². The number of nitrogens with zero attached hydrogens (tertiary/aromatic N) is 7. The van der Waals surface area contributed by atoms with Gasteiger partial charge in [-0.05, 0) is 89.9 Å². The van der Waals surface area contributed by atoms with E-state index in [0.29, 0.717) is 44.3 Å². The summed E-state index contributed by atoms with van der Waals surface area (Å²) >= 11 is 0. The second-order valence-electron chi connectivity index (χ2n) is 20.3. The molecule has 1 aliphatic carbocycles. The standard InChI is InChI=1S/C51H68N9O15P3/c1-7-59-24-14-16-32-26-37-39(28-40(32)59)51(2,3)38-27-33(57(4)5)20-21-36(38)43(37)34-17-10-11-18-35(34)49(64)58(6)23-15-19-42(61)53-22-12-8-9-13-25-71-76(65,66)74-78(69,70)75-77(67,68)72-29-41-45(62)46(63)50(73-41)60-31-56-44-47(52)54-30-55-48(44)60/h10-11,17-18,20-21,26-28,30-31,41,45-46,50,62-63H,7-9,12-16,19,22-25,29H2,1-6H3,(H5-,52,53,54,55,61,65,66,67,68,69,70)/t41-,45-,46-,50-/m1/s1. The number of carbonyl (C=O) groups is 2. The number of aliphatic hydroxyl groups excluding tert-OH is 2. The summed E-state index contributed by atoms with van der Waals surface area (Å²) in [7, 11) is -11.2. The molecule has 0 saturated carbocycles. The molecule has 0 bridgehead atoms. The summed E-state index contributed by atoms with van der Waals surface area (Å²) in [6.07, 6.45) is 0.523. The van der Waals surface area contributed by atoms with Gasteiger partial charge in [0.15, 0.2) is 17.7 Å². The Morgan fingerprint density at radius 2 is 1.68 bits per heavy atom. The molecule has 4 heterocycles. The number of nitrogen functional groups attached to an aromatic ring is 1. The second-order valence-corrected chi connectivity index (χ2v) is 24.9. The van der Waals surface area contributed by atoms with Crippen LogP contribution >= 0.6 is 23.5 Å². The zero-order valence-corrected chi connectivity index (χ0v) is 47.1. The van der Waals surface area contributed by atoms with Gasteiger partial charge in [0.25, 0.3) is 13.7 Å². The van der Waals surface area contributed by atoms with Crippen molar-refractivity contribution in [1.82, 2.24) is 34.3 Å². The third-order valence-electron chi connectivity index (χ3n) is 14.3. The van der Waals surface area contributed by atoms with Crippen molar-refractivity contribution in [3.8, 4) is 0 Å². The van der Waals surface area contributed by atoms with Crippen LogP contribution in [0.5, 0.6) is 0 Å². The first-order chi connectivity index (χ1) is 36.9. The maximum atomic E-state index is 14.4. The number of nitrogens with two attached hydrogens (primary N) is 1. The van der Waals surface area contributed by atoms with Gasteiger partial charge in [-0.2, -0.15) is 4.31 Å². The maximum absolute atomic E-state index is 14.4. The molecular formula is C51H68N9O15P3. The number of nitrogens with one attached hydrogen (secondary N) is 1. The van der Waals surface area contributed by atoms with E-state index in [4.69, 9.17) is 10.5 Å². The van der Waals surface area contributed by atoms with Crippen LogP contribution in [0.15, 0.2) is 67.3 Å². The predicted molar refractivity (Wildman–Crippen MR) is 286 cm³/mol. The van der Waals surface area contributed by atoms with Gasteiger partial charge in [0.2, 0.25) is 11.3 Å². The number of aliphatic hydroxyl groups is 2. The van der Waals surface area contributed by atoms with Crippen LogP contribution in [0.2, 0.25) is 0 Å². The fraction of sp³-hybridized carbons (Fsp3) is 0.490. The fourth-order valence-corrected chi connectivity index (χ4v) is 13.8. The summed E-state index contributed by atoms with van der Waals surface area (Å²) in [5, 5.41) is 26.4. The topological polar surface area (TPSA) is 327 Å². The van der Waals surface area contributed by atoms with E-state index in [-0.39, 0.29) is 47.1 Å². The number of imidazole rings is 1. The van der Waals surface area contributed by atoms with Crippen molar-refractivity contribution in [3.05, 3.63) is 111 Å². The maximum Gasteiger partial charge on any atom is 0.487 e. The molecule has 8 rings (SSSR count). The van der Waals surface area contributed by atoms with Gasteiger partial charge in [-0.1, -0.05) is 51.0 Å². The highest BCUT2D eigenvalue weighted by Crippen LogP contribution is 2.66. The average molecular weight is 1140 g/mol. The van der Waals surface area contributed by atoms with Crippen LogP contribution in [0.3, 0.4) is 0 Å². The molecule has 3 unspecified atom stereocenters. The summed E-state index contributed by atoms with van der Waals surface area (Å²) < 4.78 is 64.0. The van der Waals surface area contributed by atoms with Crippen LogP contribution < -0.4 is 36.0 Å². The van der Waals surface area contributed by atoms with E-state index in [1.807, 2.05) is 38.4 Å². The average Bonchev–Trinajstić information content (AvgIpc) is 3.77. The Hall–Kier alpha value is -5.29. The Balaban J connectivity index is 0.764. The highest BCUT2D eigenvalue weighted by atomic mass is 31.3. The predicted octanol–water partition coefficient (Wildman–Crippen LogP) is 3.40. The molecule has 24 nitrogen and oxygen atoms in total. The molecule has 7 atom stereocenters. The Morgan fingerprint density at radius 1 is 0.923 bits per heavy atom. The van der Waals surface area contributed by atoms with E-state index < -0.39 is 61.2 Å². The number of fused-ring (bicyclic) bond motifs is 4. The van der Waals surface area contributed by atoms with Crippen molar-refractivity contribution in [2.24, 2.45) is 0 Å². The largest absolute Gasteiger partial charge is 0.756 e. The minimum atomic E-state index is -5.85. The molecule has 422 valence electrons. The lowest BCUT2D eigenvalue weighted by Gasteiger charge is -2.36. The van der Waals surface area contributed by atoms with Crippen LogP contribution in [0.4, 0.5) is 11.5 Å². The molecule has 2 aliphatic heterocycles. The number of aromatic nitrogens is 4. The van der Waals surface area contributed by atoms with Crippen molar-refractivity contribution in [2.45, 2.75) is 102 Å². The highest BCUT2D eigenvalue weighted by molar-refractivity contribution is 7.66. The second kappa shape index (κ2) is 24.2. The molecule has 27 heteroatoms. The number of benzene rings is 3. The molecule has 2 aromatic heterocycles. The van der Waals surface area contributed by atoms with Gasteiger partial charge < -0.3 is 55.0 Å². The number of unbranched alkanes of at least 4 members (excludes halogenated alkanes) is 3. The molecule has 0 spiro atoms. The minimum absolute atomic E-state index is 0.0311.